The van der Waals surface area contributed by atoms with Crippen molar-refractivity contribution in [3.63, 3.8) is 0 Å². The molecule has 0 saturated heterocycles. The first kappa shape index (κ1) is 22.4. The van der Waals surface area contributed by atoms with Gasteiger partial charge >= 0.3 is 5.97 Å². The molecule has 0 bridgehead atoms. The van der Waals surface area contributed by atoms with Gasteiger partial charge in [-0.25, -0.2) is 4.79 Å². The number of benzene rings is 1. The lowest BCUT2D eigenvalue weighted by molar-refractivity contribution is -0.116. The molecule has 1 aromatic carbocycles. The molecule has 2 heterocycles. The zero-order chi connectivity index (χ0) is 23.4. The highest BCUT2D eigenvalue weighted by atomic mass is 32.2. The fourth-order valence-corrected chi connectivity index (χ4v) is 4.84. The van der Waals surface area contributed by atoms with E-state index >= 15 is 0 Å². The predicted molar refractivity (Wildman–Crippen MR) is 122 cm³/mol. The van der Waals surface area contributed by atoms with Gasteiger partial charge in [-0.3, -0.25) is 9.59 Å². The third-order valence-electron chi connectivity index (χ3n) is 5.44. The van der Waals surface area contributed by atoms with Crippen molar-refractivity contribution in [2.45, 2.75) is 25.2 Å². The van der Waals surface area contributed by atoms with Crippen molar-refractivity contribution in [2.24, 2.45) is 0 Å². The third kappa shape index (κ3) is 4.56. The molecule has 1 aromatic heterocycles. The number of rotatable bonds is 6. The molecule has 9 heteroatoms. The molecule has 168 valence electrons. The van der Waals surface area contributed by atoms with E-state index in [1.807, 2.05) is 0 Å². The molecule has 0 radical (unpaired) electrons. The number of amides is 1. The maximum absolute atomic E-state index is 12.7. The molecule has 1 unspecified atom stereocenters. The van der Waals surface area contributed by atoms with E-state index in [9.17, 15) is 19.6 Å². The maximum Gasteiger partial charge on any atom is 0.339 e. The summed E-state index contributed by atoms with van der Waals surface area (Å²) >= 11 is 1.17. The van der Waals surface area contributed by atoms with E-state index in [2.05, 4.69) is 16.7 Å². The van der Waals surface area contributed by atoms with Gasteiger partial charge in [0, 0.05) is 17.7 Å². The van der Waals surface area contributed by atoms with Crippen LogP contribution in [-0.4, -0.2) is 30.5 Å². The van der Waals surface area contributed by atoms with E-state index in [0.717, 1.165) is 12.1 Å². The topological polar surface area (TPSA) is 121 Å². The van der Waals surface area contributed by atoms with Crippen molar-refractivity contribution < 1.29 is 23.5 Å². The van der Waals surface area contributed by atoms with E-state index in [-0.39, 0.29) is 23.0 Å². The van der Waals surface area contributed by atoms with Gasteiger partial charge in [0.25, 0.3) is 0 Å². The number of Topliss-reactive ketones (excluding diaryl/α,β-unsaturated/α-hetero) is 1. The number of esters is 1. The van der Waals surface area contributed by atoms with E-state index < -0.39 is 11.9 Å². The van der Waals surface area contributed by atoms with Crippen LogP contribution in [0.25, 0.3) is 0 Å². The fourth-order valence-electron chi connectivity index (χ4n) is 3.98. The highest BCUT2D eigenvalue weighted by Gasteiger charge is 2.38. The van der Waals surface area contributed by atoms with Crippen LogP contribution in [0.3, 0.4) is 0 Å². The van der Waals surface area contributed by atoms with Crippen molar-refractivity contribution in [3.8, 4) is 6.07 Å². The van der Waals surface area contributed by atoms with Crippen LogP contribution in [0.1, 0.15) is 41.3 Å². The fraction of sp³-hybridized carbons (Fsp3) is 0.250. The number of ketones is 1. The Morgan fingerprint density at radius 3 is 2.82 bits per heavy atom. The summed E-state index contributed by atoms with van der Waals surface area (Å²) < 4.78 is 10.3. The van der Waals surface area contributed by atoms with E-state index in [1.165, 1.54) is 25.1 Å². The molecule has 2 N–H and O–H groups in total. The second-order valence-corrected chi connectivity index (χ2v) is 8.46. The Morgan fingerprint density at radius 1 is 1.27 bits per heavy atom. The lowest BCUT2D eigenvalue weighted by atomic mass is 9.79. The van der Waals surface area contributed by atoms with Gasteiger partial charge in [-0.05, 0) is 37.1 Å². The molecule has 2 aliphatic rings. The molecule has 0 fully saturated rings. The molecule has 2 aromatic rings. The van der Waals surface area contributed by atoms with Crippen LogP contribution < -0.4 is 10.6 Å². The Bertz CT molecular complexity index is 1210. The number of dihydropyridines is 1. The molecule has 33 heavy (non-hydrogen) atoms. The highest BCUT2D eigenvalue weighted by Crippen LogP contribution is 2.44. The zero-order valence-electron chi connectivity index (χ0n) is 17.8. The summed E-state index contributed by atoms with van der Waals surface area (Å²) in [5.74, 6) is -0.990. The average molecular weight is 464 g/mol. The molecule has 0 spiro atoms. The first-order valence-electron chi connectivity index (χ1n) is 10.3. The lowest BCUT2D eigenvalue weighted by Crippen LogP contribution is -2.31. The van der Waals surface area contributed by atoms with Gasteiger partial charge in [-0.15, -0.1) is 0 Å². The van der Waals surface area contributed by atoms with Crippen molar-refractivity contribution in [3.05, 3.63) is 75.9 Å². The van der Waals surface area contributed by atoms with Gasteiger partial charge < -0.3 is 19.8 Å². The van der Waals surface area contributed by atoms with Crippen LogP contribution in [0, 0.1) is 11.3 Å². The van der Waals surface area contributed by atoms with Crippen LogP contribution in [0.4, 0.5) is 5.69 Å². The number of hydrogen-bond donors (Lipinski definition) is 2. The Balaban J connectivity index is 1.56. The number of nitriles is 1. The maximum atomic E-state index is 12.7. The molecule has 1 atom stereocenters. The van der Waals surface area contributed by atoms with Crippen LogP contribution >= 0.6 is 11.8 Å². The van der Waals surface area contributed by atoms with Crippen LogP contribution in [0.2, 0.25) is 0 Å². The summed E-state index contributed by atoms with van der Waals surface area (Å²) in [6.07, 6.45) is 3.35. The molecule has 1 aliphatic heterocycles. The molecule has 8 nitrogen and oxygen atoms in total. The quantitative estimate of drug-likeness (QED) is 0.619. The average Bonchev–Trinajstić information content (AvgIpc) is 3.36. The first-order valence-corrected chi connectivity index (χ1v) is 11.3. The number of para-hydroxylation sites is 1. The number of carbonyl (C=O) groups excluding carboxylic acids is 3. The predicted octanol–water partition coefficient (Wildman–Crippen LogP) is 3.87. The second kappa shape index (κ2) is 9.79. The number of hydrogen-bond acceptors (Lipinski definition) is 8. The van der Waals surface area contributed by atoms with Gasteiger partial charge in [0.05, 0.1) is 53.0 Å². The summed E-state index contributed by atoms with van der Waals surface area (Å²) in [5, 5.41) is 16.4. The minimum atomic E-state index is -0.598. The van der Waals surface area contributed by atoms with Gasteiger partial charge in [0.15, 0.2) is 5.78 Å². The molecular weight excluding hydrogens is 442 g/mol. The van der Waals surface area contributed by atoms with E-state index in [1.54, 1.807) is 36.4 Å². The molecule has 0 saturated carbocycles. The molecule has 1 amide bonds. The van der Waals surface area contributed by atoms with Crippen molar-refractivity contribution in [1.82, 2.24) is 5.32 Å². The summed E-state index contributed by atoms with van der Waals surface area (Å²) in [6.45, 7) is 0. The van der Waals surface area contributed by atoms with E-state index in [4.69, 9.17) is 9.15 Å². The third-order valence-corrected chi connectivity index (χ3v) is 6.46. The second-order valence-electron chi connectivity index (χ2n) is 7.47. The van der Waals surface area contributed by atoms with Gasteiger partial charge in [0.1, 0.15) is 5.76 Å². The van der Waals surface area contributed by atoms with Crippen molar-refractivity contribution in [2.75, 3.05) is 18.2 Å². The summed E-state index contributed by atoms with van der Waals surface area (Å²) in [6, 6.07) is 12.2. The Morgan fingerprint density at radius 2 is 2.09 bits per heavy atom. The number of nitrogens with one attached hydrogen (secondary N) is 2. The summed E-state index contributed by atoms with van der Waals surface area (Å²) in [5.41, 5.74) is 2.27. The number of furan rings is 1. The number of anilines is 1. The monoisotopic (exact) mass is 463 g/mol. The van der Waals surface area contributed by atoms with Crippen LogP contribution in [0.15, 0.2) is 69.0 Å². The SMILES string of the molecule is COC(=O)c1ccccc1NC(=O)CSC1=C(C#N)C(c2ccco2)C2=C(CCCC2=O)N1. The zero-order valence-corrected chi connectivity index (χ0v) is 18.7. The summed E-state index contributed by atoms with van der Waals surface area (Å²) in [7, 11) is 1.27. The molecule has 1 aliphatic carbocycles. The van der Waals surface area contributed by atoms with Crippen molar-refractivity contribution >= 4 is 35.1 Å². The highest BCUT2D eigenvalue weighted by molar-refractivity contribution is 8.03. The minimum Gasteiger partial charge on any atom is -0.468 e. The largest absolute Gasteiger partial charge is 0.468 e. The number of thioether (sulfide) groups is 1. The Labute approximate surface area is 194 Å². The smallest absolute Gasteiger partial charge is 0.339 e. The Hall–Kier alpha value is -3.77. The normalized spacial score (nSPS) is 17.7. The van der Waals surface area contributed by atoms with Gasteiger partial charge in [-0.2, -0.15) is 5.26 Å². The number of methoxy groups -OCH3 is 1. The number of carbonyl (C=O) groups is 3. The molecule has 4 rings (SSSR count). The van der Waals surface area contributed by atoms with Gasteiger partial charge in [0.2, 0.25) is 5.91 Å². The van der Waals surface area contributed by atoms with E-state index in [0.29, 0.717) is 40.5 Å². The van der Waals surface area contributed by atoms with Crippen LogP contribution in [-0.2, 0) is 14.3 Å². The van der Waals surface area contributed by atoms with Gasteiger partial charge in [-0.1, -0.05) is 23.9 Å². The minimum absolute atomic E-state index is 0.000824. The summed E-state index contributed by atoms with van der Waals surface area (Å²) in [4.78, 5) is 37.3. The molecular formula is C24H21N3O5S. The van der Waals surface area contributed by atoms with Crippen LogP contribution in [0.5, 0.6) is 0 Å². The number of ether oxygens (including phenoxy) is 1. The van der Waals surface area contributed by atoms with Crippen molar-refractivity contribution in [1.29, 1.82) is 5.26 Å². The number of allylic oxidation sites excluding steroid dienone is 3. The lowest BCUT2D eigenvalue weighted by Gasteiger charge is -2.32. The Kier molecular flexibility index (Phi) is 6.66. The first-order chi connectivity index (χ1) is 16.0. The standard InChI is InChI=1S/C24H21N3O5S/c1-31-24(30)14-6-2-3-7-16(14)26-20(29)13-33-23-15(12-25)21(19-10-5-11-32-19)22-17(27-23)8-4-9-18(22)28/h2-3,5-7,10-11,21,27H,4,8-9,13H2,1H3,(H,26,29). The number of nitrogens with zero attached hydrogens (tertiary/aromatic N) is 1.